The van der Waals surface area contributed by atoms with Crippen LogP contribution in [0.1, 0.15) is 16.8 Å². The van der Waals surface area contributed by atoms with Crippen LogP contribution in [0.3, 0.4) is 0 Å². The molecule has 0 aliphatic heterocycles. The van der Waals surface area contributed by atoms with Gasteiger partial charge in [-0.3, -0.25) is 0 Å². The number of halogens is 2. The van der Waals surface area contributed by atoms with Crippen LogP contribution in [0.25, 0.3) is 0 Å². The maximum atomic E-state index is 9.86. The molecule has 1 aromatic heterocycles. The standard InChI is InChI=1S/C12H12Cl2N2O/c1-7-10(12(17)16(2)15-7)5-8-3-4-9(13)6-11(8)14/h3-4,6,17H,5H2,1-2H3. The fourth-order valence-corrected chi connectivity index (χ4v) is 2.23. The molecule has 0 atom stereocenters. The number of aromatic hydroxyl groups is 1. The second-order valence-corrected chi connectivity index (χ2v) is 4.77. The van der Waals surface area contributed by atoms with Crippen molar-refractivity contribution in [3.8, 4) is 5.88 Å². The van der Waals surface area contributed by atoms with E-state index < -0.39 is 0 Å². The highest BCUT2D eigenvalue weighted by molar-refractivity contribution is 6.35. The molecule has 5 heteroatoms. The Kier molecular flexibility index (Phi) is 3.31. The van der Waals surface area contributed by atoms with E-state index in [1.54, 1.807) is 19.2 Å². The van der Waals surface area contributed by atoms with Crippen molar-refractivity contribution in [3.05, 3.63) is 45.1 Å². The molecule has 0 bridgehead atoms. The lowest BCUT2D eigenvalue weighted by molar-refractivity contribution is 0.415. The SMILES string of the molecule is Cc1nn(C)c(O)c1Cc1ccc(Cl)cc1Cl. The number of hydrogen-bond donors (Lipinski definition) is 1. The third kappa shape index (κ3) is 2.40. The summed E-state index contributed by atoms with van der Waals surface area (Å²) in [5, 5.41) is 15.2. The molecule has 2 rings (SSSR count). The topological polar surface area (TPSA) is 38.0 Å². The van der Waals surface area contributed by atoms with E-state index in [1.165, 1.54) is 4.68 Å². The third-order valence-electron chi connectivity index (χ3n) is 2.70. The molecule has 0 amide bonds. The zero-order valence-electron chi connectivity index (χ0n) is 9.54. The van der Waals surface area contributed by atoms with Crippen molar-refractivity contribution in [2.24, 2.45) is 7.05 Å². The van der Waals surface area contributed by atoms with Crippen molar-refractivity contribution >= 4 is 23.2 Å². The molecule has 1 aromatic carbocycles. The summed E-state index contributed by atoms with van der Waals surface area (Å²) in [6.45, 7) is 1.86. The first-order valence-electron chi connectivity index (χ1n) is 5.14. The van der Waals surface area contributed by atoms with Crippen molar-refractivity contribution in [1.82, 2.24) is 9.78 Å². The minimum absolute atomic E-state index is 0.175. The van der Waals surface area contributed by atoms with Crippen molar-refractivity contribution in [1.29, 1.82) is 0 Å². The van der Waals surface area contributed by atoms with Gasteiger partial charge in [-0.05, 0) is 24.6 Å². The van der Waals surface area contributed by atoms with Gasteiger partial charge in [-0.15, -0.1) is 0 Å². The lowest BCUT2D eigenvalue weighted by Crippen LogP contribution is -1.91. The minimum Gasteiger partial charge on any atom is -0.493 e. The normalized spacial score (nSPS) is 10.8. The molecule has 17 heavy (non-hydrogen) atoms. The van der Waals surface area contributed by atoms with Crippen LogP contribution in [0.5, 0.6) is 5.88 Å². The van der Waals surface area contributed by atoms with E-state index in [0.29, 0.717) is 16.5 Å². The van der Waals surface area contributed by atoms with E-state index in [1.807, 2.05) is 13.0 Å². The Morgan fingerprint density at radius 1 is 1.35 bits per heavy atom. The summed E-state index contributed by atoms with van der Waals surface area (Å²) in [6, 6.07) is 5.34. The highest BCUT2D eigenvalue weighted by Gasteiger charge is 2.14. The number of benzene rings is 1. The zero-order chi connectivity index (χ0) is 12.6. The number of hydrogen-bond acceptors (Lipinski definition) is 2. The lowest BCUT2D eigenvalue weighted by Gasteiger charge is -2.04. The van der Waals surface area contributed by atoms with Crippen LogP contribution in [-0.4, -0.2) is 14.9 Å². The third-order valence-corrected chi connectivity index (χ3v) is 3.28. The summed E-state index contributed by atoms with van der Waals surface area (Å²) in [4.78, 5) is 0. The molecule has 0 saturated heterocycles. The van der Waals surface area contributed by atoms with Crippen LogP contribution >= 0.6 is 23.2 Å². The molecule has 0 aliphatic rings. The van der Waals surface area contributed by atoms with E-state index in [9.17, 15) is 5.11 Å². The van der Waals surface area contributed by atoms with Crippen molar-refractivity contribution in [3.63, 3.8) is 0 Å². The summed E-state index contributed by atoms with van der Waals surface area (Å²) in [5.74, 6) is 0.175. The van der Waals surface area contributed by atoms with Gasteiger partial charge < -0.3 is 5.11 Å². The Hall–Kier alpha value is -1.19. The van der Waals surface area contributed by atoms with E-state index in [0.717, 1.165) is 16.8 Å². The van der Waals surface area contributed by atoms with Gasteiger partial charge in [-0.25, -0.2) is 4.68 Å². The maximum absolute atomic E-state index is 9.86. The smallest absolute Gasteiger partial charge is 0.212 e. The number of aryl methyl sites for hydroxylation is 2. The summed E-state index contributed by atoms with van der Waals surface area (Å²) >= 11 is 11.9. The van der Waals surface area contributed by atoms with Gasteiger partial charge in [-0.1, -0.05) is 29.3 Å². The molecule has 90 valence electrons. The summed E-state index contributed by atoms with van der Waals surface area (Å²) < 4.78 is 1.45. The van der Waals surface area contributed by atoms with Gasteiger partial charge in [0, 0.05) is 29.1 Å². The Labute approximate surface area is 110 Å². The number of nitrogens with zero attached hydrogens (tertiary/aromatic N) is 2. The van der Waals surface area contributed by atoms with Crippen molar-refractivity contribution in [2.45, 2.75) is 13.3 Å². The van der Waals surface area contributed by atoms with E-state index in [-0.39, 0.29) is 5.88 Å². The van der Waals surface area contributed by atoms with E-state index >= 15 is 0 Å². The van der Waals surface area contributed by atoms with Crippen LogP contribution in [0.15, 0.2) is 18.2 Å². The van der Waals surface area contributed by atoms with Crippen molar-refractivity contribution in [2.75, 3.05) is 0 Å². The van der Waals surface area contributed by atoms with Crippen molar-refractivity contribution < 1.29 is 5.11 Å². The summed E-state index contributed by atoms with van der Waals surface area (Å²) in [5.41, 5.74) is 2.51. The van der Waals surface area contributed by atoms with E-state index in [4.69, 9.17) is 23.2 Å². The van der Waals surface area contributed by atoms with Gasteiger partial charge in [0.2, 0.25) is 5.88 Å². The molecule has 3 nitrogen and oxygen atoms in total. The first-order chi connectivity index (χ1) is 7.99. The van der Waals surface area contributed by atoms with Gasteiger partial charge >= 0.3 is 0 Å². The minimum atomic E-state index is 0.175. The fourth-order valence-electron chi connectivity index (χ4n) is 1.75. The second kappa shape index (κ2) is 4.59. The van der Waals surface area contributed by atoms with Gasteiger partial charge in [0.1, 0.15) is 0 Å². The zero-order valence-corrected chi connectivity index (χ0v) is 11.0. The highest BCUT2D eigenvalue weighted by atomic mass is 35.5. The van der Waals surface area contributed by atoms with Gasteiger partial charge in [-0.2, -0.15) is 5.10 Å². The summed E-state index contributed by atoms with van der Waals surface area (Å²) in [6.07, 6.45) is 0.543. The molecule has 0 unspecified atom stereocenters. The Bertz CT molecular complexity index is 564. The number of rotatable bonds is 2. The predicted octanol–water partition coefficient (Wildman–Crippen LogP) is 3.33. The lowest BCUT2D eigenvalue weighted by atomic mass is 10.1. The molecular formula is C12H12Cl2N2O. The van der Waals surface area contributed by atoms with Gasteiger partial charge in [0.15, 0.2) is 0 Å². The molecule has 2 aromatic rings. The fraction of sp³-hybridized carbons (Fsp3) is 0.250. The quantitative estimate of drug-likeness (QED) is 0.909. The van der Waals surface area contributed by atoms with Gasteiger partial charge in [0.05, 0.1) is 5.69 Å². The average molecular weight is 271 g/mol. The highest BCUT2D eigenvalue weighted by Crippen LogP contribution is 2.28. The van der Waals surface area contributed by atoms with Crippen LogP contribution < -0.4 is 0 Å². The summed E-state index contributed by atoms with van der Waals surface area (Å²) in [7, 11) is 1.70. The molecule has 0 saturated carbocycles. The Morgan fingerprint density at radius 3 is 2.59 bits per heavy atom. The van der Waals surface area contributed by atoms with Crippen LogP contribution in [0.2, 0.25) is 10.0 Å². The molecule has 0 spiro atoms. The molecule has 0 radical (unpaired) electrons. The Balaban J connectivity index is 2.38. The number of aromatic nitrogens is 2. The predicted molar refractivity (Wildman–Crippen MR) is 68.9 cm³/mol. The van der Waals surface area contributed by atoms with E-state index in [2.05, 4.69) is 5.10 Å². The largest absolute Gasteiger partial charge is 0.493 e. The molecule has 0 fully saturated rings. The van der Waals surface area contributed by atoms with Crippen LogP contribution in [0.4, 0.5) is 0 Å². The Morgan fingerprint density at radius 2 is 2.06 bits per heavy atom. The second-order valence-electron chi connectivity index (χ2n) is 3.92. The monoisotopic (exact) mass is 270 g/mol. The molecule has 0 aliphatic carbocycles. The molecule has 1 N–H and O–H groups in total. The maximum Gasteiger partial charge on any atom is 0.212 e. The molecule has 1 heterocycles. The van der Waals surface area contributed by atoms with Crippen LogP contribution in [0, 0.1) is 6.92 Å². The first-order valence-corrected chi connectivity index (χ1v) is 5.90. The average Bonchev–Trinajstić information content (AvgIpc) is 2.48. The van der Waals surface area contributed by atoms with Crippen LogP contribution in [-0.2, 0) is 13.5 Å². The molecular weight excluding hydrogens is 259 g/mol. The first kappa shape index (κ1) is 12.3. The van der Waals surface area contributed by atoms with Gasteiger partial charge in [0.25, 0.3) is 0 Å².